The predicted molar refractivity (Wildman–Crippen MR) is 85.3 cm³/mol. The maximum absolute atomic E-state index is 6.01. The molecule has 1 aromatic carbocycles. The summed E-state index contributed by atoms with van der Waals surface area (Å²) in [7, 11) is 0. The van der Waals surface area contributed by atoms with Gasteiger partial charge in [0.05, 0.1) is 0 Å². The number of halogens is 2. The maximum Gasteiger partial charge on any atom is 0.188 e. The summed E-state index contributed by atoms with van der Waals surface area (Å²) in [5.74, 6) is 0.437. The van der Waals surface area contributed by atoms with Crippen LogP contribution in [0.25, 0.3) is 0 Å². The van der Waals surface area contributed by atoms with Crippen LogP contribution in [0.4, 0.5) is 0 Å². The van der Waals surface area contributed by atoms with Gasteiger partial charge in [-0.3, -0.25) is 4.99 Å². The van der Waals surface area contributed by atoms with E-state index in [1.165, 1.54) is 0 Å². The van der Waals surface area contributed by atoms with Gasteiger partial charge in [-0.1, -0.05) is 35.9 Å². The molecule has 0 aliphatic rings. The smallest absolute Gasteiger partial charge is 0.188 e. The molecule has 5 heteroatoms. The lowest BCUT2D eigenvalue weighted by atomic mass is 10.1. The van der Waals surface area contributed by atoms with E-state index in [4.69, 9.17) is 17.3 Å². The van der Waals surface area contributed by atoms with E-state index in [1.54, 1.807) is 6.08 Å². The average molecular weight is 366 g/mol. The van der Waals surface area contributed by atoms with Crippen LogP contribution >= 0.6 is 35.6 Å². The van der Waals surface area contributed by atoms with Gasteiger partial charge in [0.2, 0.25) is 0 Å². The monoisotopic (exact) mass is 365 g/mol. The molecule has 0 bridgehead atoms. The summed E-state index contributed by atoms with van der Waals surface area (Å²) in [5.41, 5.74) is 6.71. The summed E-state index contributed by atoms with van der Waals surface area (Å²) in [6.07, 6.45) is 2.52. The van der Waals surface area contributed by atoms with Crippen LogP contribution in [-0.2, 0) is 6.42 Å². The molecule has 0 aliphatic carbocycles. The van der Waals surface area contributed by atoms with Crippen molar-refractivity contribution in [2.45, 2.75) is 6.42 Å². The zero-order valence-corrected chi connectivity index (χ0v) is 12.6. The zero-order valence-electron chi connectivity index (χ0n) is 9.53. The number of nitrogens with two attached hydrogens (primary N) is 1. The van der Waals surface area contributed by atoms with Crippen molar-refractivity contribution < 1.29 is 0 Å². The highest BCUT2D eigenvalue weighted by Crippen LogP contribution is 2.15. The molecule has 17 heavy (non-hydrogen) atoms. The van der Waals surface area contributed by atoms with Crippen molar-refractivity contribution in [3.05, 3.63) is 47.5 Å². The average Bonchev–Trinajstić information content (AvgIpc) is 2.29. The van der Waals surface area contributed by atoms with Crippen molar-refractivity contribution in [1.82, 2.24) is 5.32 Å². The third-order valence-electron chi connectivity index (χ3n) is 2.05. The van der Waals surface area contributed by atoms with Gasteiger partial charge in [0.15, 0.2) is 5.96 Å². The molecular weight excluding hydrogens is 349 g/mol. The molecule has 0 radical (unpaired) electrons. The molecule has 3 nitrogen and oxygen atoms in total. The summed E-state index contributed by atoms with van der Waals surface area (Å²) in [6, 6.07) is 7.74. The van der Waals surface area contributed by atoms with E-state index in [0.29, 0.717) is 19.0 Å². The topological polar surface area (TPSA) is 50.4 Å². The minimum Gasteiger partial charge on any atom is -0.370 e. The van der Waals surface area contributed by atoms with Crippen LogP contribution in [0.1, 0.15) is 5.56 Å². The highest BCUT2D eigenvalue weighted by molar-refractivity contribution is 14.0. The standard InChI is InChI=1S/C12H16ClN3.HI/c1-2-8-15-12(14)16-9-7-10-5-3-4-6-11(10)13;/h2-6H,1,7-9H2,(H3,14,15,16);1H. The molecule has 0 saturated carbocycles. The Labute approximate surface area is 124 Å². The van der Waals surface area contributed by atoms with Crippen molar-refractivity contribution in [2.75, 3.05) is 13.1 Å². The van der Waals surface area contributed by atoms with Gasteiger partial charge in [-0.25, -0.2) is 0 Å². The summed E-state index contributed by atoms with van der Waals surface area (Å²) in [5, 5.41) is 3.68. The molecule has 0 fully saturated rings. The lowest BCUT2D eigenvalue weighted by Crippen LogP contribution is -2.31. The Kier molecular flexibility index (Phi) is 8.89. The fraction of sp³-hybridized carbons (Fsp3) is 0.250. The van der Waals surface area contributed by atoms with Crippen LogP contribution in [0.5, 0.6) is 0 Å². The highest BCUT2D eigenvalue weighted by Gasteiger charge is 1.97. The Hall–Kier alpha value is -0.750. The van der Waals surface area contributed by atoms with Gasteiger partial charge in [-0.05, 0) is 18.1 Å². The molecule has 0 saturated heterocycles. The minimum absolute atomic E-state index is 0. The van der Waals surface area contributed by atoms with Gasteiger partial charge < -0.3 is 11.1 Å². The number of nitrogens with one attached hydrogen (secondary N) is 1. The van der Waals surface area contributed by atoms with Crippen molar-refractivity contribution >= 4 is 41.5 Å². The largest absolute Gasteiger partial charge is 0.370 e. The van der Waals surface area contributed by atoms with Gasteiger partial charge in [0, 0.05) is 18.1 Å². The minimum atomic E-state index is 0. The van der Waals surface area contributed by atoms with Crippen LogP contribution in [0.3, 0.4) is 0 Å². The Morgan fingerprint density at radius 2 is 2.18 bits per heavy atom. The number of guanidine groups is 1. The van der Waals surface area contributed by atoms with Crippen LogP contribution < -0.4 is 11.1 Å². The van der Waals surface area contributed by atoms with Crippen LogP contribution in [0, 0.1) is 0 Å². The second-order valence-electron chi connectivity index (χ2n) is 3.28. The summed E-state index contributed by atoms with van der Waals surface area (Å²) in [4.78, 5) is 4.17. The molecule has 0 unspecified atom stereocenters. The van der Waals surface area contributed by atoms with E-state index in [-0.39, 0.29) is 24.0 Å². The Bertz CT molecular complexity index is 380. The van der Waals surface area contributed by atoms with E-state index in [0.717, 1.165) is 17.0 Å². The van der Waals surface area contributed by atoms with Gasteiger partial charge in [-0.2, -0.15) is 0 Å². The van der Waals surface area contributed by atoms with Crippen molar-refractivity contribution in [3.8, 4) is 0 Å². The van der Waals surface area contributed by atoms with Crippen molar-refractivity contribution in [2.24, 2.45) is 10.7 Å². The molecule has 0 atom stereocenters. The van der Waals surface area contributed by atoms with Gasteiger partial charge in [0.1, 0.15) is 0 Å². The lowest BCUT2D eigenvalue weighted by Gasteiger charge is -2.03. The molecule has 0 aromatic heterocycles. The third kappa shape index (κ3) is 6.53. The zero-order chi connectivity index (χ0) is 11.8. The van der Waals surface area contributed by atoms with E-state index in [9.17, 15) is 0 Å². The van der Waals surface area contributed by atoms with Crippen LogP contribution in [0.15, 0.2) is 41.9 Å². The number of benzene rings is 1. The highest BCUT2D eigenvalue weighted by atomic mass is 127. The van der Waals surface area contributed by atoms with E-state index in [2.05, 4.69) is 16.9 Å². The number of rotatable bonds is 5. The first kappa shape index (κ1) is 16.2. The third-order valence-corrected chi connectivity index (χ3v) is 2.42. The molecule has 3 N–H and O–H groups in total. The maximum atomic E-state index is 6.01. The molecular formula is C12H17ClIN3. The number of nitrogens with zero attached hydrogens (tertiary/aromatic N) is 1. The molecule has 1 aromatic rings. The Morgan fingerprint density at radius 3 is 2.82 bits per heavy atom. The quantitative estimate of drug-likeness (QED) is 0.365. The Morgan fingerprint density at radius 1 is 1.47 bits per heavy atom. The predicted octanol–water partition coefficient (Wildman–Crippen LogP) is 2.59. The van der Waals surface area contributed by atoms with E-state index in [1.807, 2.05) is 24.3 Å². The summed E-state index contributed by atoms with van der Waals surface area (Å²) >= 11 is 6.01. The summed E-state index contributed by atoms with van der Waals surface area (Å²) in [6.45, 7) is 4.83. The normalized spacial score (nSPS) is 10.5. The molecule has 0 aliphatic heterocycles. The van der Waals surface area contributed by atoms with Crippen LogP contribution in [0.2, 0.25) is 5.02 Å². The second kappa shape index (κ2) is 9.30. The molecule has 0 amide bonds. The fourth-order valence-electron chi connectivity index (χ4n) is 1.23. The number of aliphatic imine (C=N–C) groups is 1. The first-order valence-corrected chi connectivity index (χ1v) is 5.50. The lowest BCUT2D eigenvalue weighted by molar-refractivity contribution is 0.930. The molecule has 0 heterocycles. The molecule has 94 valence electrons. The van der Waals surface area contributed by atoms with Gasteiger partial charge in [0.25, 0.3) is 0 Å². The van der Waals surface area contributed by atoms with E-state index >= 15 is 0 Å². The molecule has 1 rings (SSSR count). The SMILES string of the molecule is C=CCNC(N)=NCCc1ccccc1Cl.I. The van der Waals surface area contributed by atoms with Crippen LogP contribution in [-0.4, -0.2) is 19.0 Å². The second-order valence-corrected chi connectivity index (χ2v) is 3.69. The van der Waals surface area contributed by atoms with Gasteiger partial charge >= 0.3 is 0 Å². The number of hydrogen-bond donors (Lipinski definition) is 2. The first-order chi connectivity index (χ1) is 7.74. The van der Waals surface area contributed by atoms with Crippen molar-refractivity contribution in [3.63, 3.8) is 0 Å². The first-order valence-electron chi connectivity index (χ1n) is 5.12. The number of hydrogen-bond acceptors (Lipinski definition) is 1. The fourth-order valence-corrected chi connectivity index (χ4v) is 1.46. The Balaban J connectivity index is 0.00000256. The molecule has 0 spiro atoms. The summed E-state index contributed by atoms with van der Waals surface area (Å²) < 4.78 is 0. The van der Waals surface area contributed by atoms with E-state index < -0.39 is 0 Å². The van der Waals surface area contributed by atoms with Crippen molar-refractivity contribution in [1.29, 1.82) is 0 Å². The van der Waals surface area contributed by atoms with Gasteiger partial charge in [-0.15, -0.1) is 30.6 Å².